The van der Waals surface area contributed by atoms with Crippen molar-refractivity contribution in [3.63, 3.8) is 0 Å². The lowest BCUT2D eigenvalue weighted by atomic mass is 10.1. The number of nitrogens with one attached hydrogen (secondary N) is 2. The van der Waals surface area contributed by atoms with Crippen LogP contribution in [-0.4, -0.2) is 49.9 Å². The molecule has 0 saturated carbocycles. The van der Waals surface area contributed by atoms with Gasteiger partial charge in [0.25, 0.3) is 0 Å². The van der Waals surface area contributed by atoms with Crippen molar-refractivity contribution in [2.75, 3.05) is 26.2 Å². The molecule has 1 atom stereocenters. The average Bonchev–Trinajstić information content (AvgIpc) is 3.03. The molecule has 1 heterocycles. The van der Waals surface area contributed by atoms with E-state index in [0.717, 1.165) is 70.7 Å². The molecule has 0 amide bonds. The van der Waals surface area contributed by atoms with Gasteiger partial charge < -0.3 is 20.1 Å². The van der Waals surface area contributed by atoms with Gasteiger partial charge in [0.2, 0.25) is 0 Å². The number of guanidine groups is 1. The minimum Gasteiger partial charge on any atom is -0.460 e. The highest BCUT2D eigenvalue weighted by atomic mass is 127. The van der Waals surface area contributed by atoms with Gasteiger partial charge in [-0.2, -0.15) is 0 Å². The molecule has 0 aromatic heterocycles. The van der Waals surface area contributed by atoms with Crippen LogP contribution < -0.4 is 10.6 Å². The van der Waals surface area contributed by atoms with Gasteiger partial charge in [0.15, 0.2) is 5.96 Å². The fourth-order valence-corrected chi connectivity index (χ4v) is 2.67. The Bertz CT molecular complexity index is 405. The number of halogens is 1. The fourth-order valence-electron chi connectivity index (χ4n) is 2.67. The molecule has 0 radical (unpaired) electrons. The smallest absolute Gasteiger partial charge is 0.306 e. The lowest BCUT2D eigenvalue weighted by Gasteiger charge is -2.19. The first-order valence-corrected chi connectivity index (χ1v) is 9.76. The molecular weight excluding hydrogens is 445 g/mol. The molecule has 0 bridgehead atoms. The van der Waals surface area contributed by atoms with E-state index in [4.69, 9.17) is 9.47 Å². The lowest BCUT2D eigenvalue weighted by Crippen LogP contribution is -2.38. The van der Waals surface area contributed by atoms with Crippen LogP contribution in [0.3, 0.4) is 0 Å². The van der Waals surface area contributed by atoms with Gasteiger partial charge in [0.05, 0.1) is 12.6 Å². The molecule has 26 heavy (non-hydrogen) atoms. The van der Waals surface area contributed by atoms with Crippen molar-refractivity contribution < 1.29 is 14.3 Å². The Hall–Kier alpha value is -0.570. The number of unbranched alkanes of at least 4 members (excludes halogenated alkanes) is 3. The molecule has 1 saturated heterocycles. The monoisotopic (exact) mass is 483 g/mol. The molecule has 2 N–H and O–H groups in total. The van der Waals surface area contributed by atoms with Crippen molar-refractivity contribution in [3.05, 3.63) is 0 Å². The van der Waals surface area contributed by atoms with Crippen molar-refractivity contribution in [3.8, 4) is 0 Å². The number of rotatable bonds is 10. The van der Waals surface area contributed by atoms with Crippen molar-refractivity contribution in [1.82, 2.24) is 10.6 Å². The molecule has 0 aliphatic carbocycles. The van der Waals surface area contributed by atoms with Gasteiger partial charge in [-0.15, -0.1) is 24.0 Å². The number of hydrogen-bond acceptors (Lipinski definition) is 4. The molecular formula is C19H38IN3O3. The van der Waals surface area contributed by atoms with Gasteiger partial charge in [0, 0.05) is 26.1 Å². The summed E-state index contributed by atoms with van der Waals surface area (Å²) >= 11 is 0. The topological polar surface area (TPSA) is 72.0 Å². The predicted octanol–water partition coefficient (Wildman–Crippen LogP) is 3.63. The van der Waals surface area contributed by atoms with Crippen LogP contribution in [0.15, 0.2) is 4.99 Å². The van der Waals surface area contributed by atoms with E-state index in [1.54, 1.807) is 0 Å². The number of nitrogens with zero attached hydrogens (tertiary/aromatic N) is 1. The maximum atomic E-state index is 11.6. The van der Waals surface area contributed by atoms with E-state index >= 15 is 0 Å². The first-order valence-electron chi connectivity index (χ1n) is 9.76. The Morgan fingerprint density at radius 3 is 2.54 bits per heavy atom. The standard InChI is InChI=1S/C19H37N3O3.HI/c1-5-20-18(22-15-16-11-10-14-24-16)21-13-9-7-6-8-12-17(23)25-19(2,3)4;/h16H,5-15H2,1-4H3,(H2,20,21,22);1H. The maximum absolute atomic E-state index is 11.6. The van der Waals surface area contributed by atoms with E-state index in [2.05, 4.69) is 22.5 Å². The maximum Gasteiger partial charge on any atom is 0.306 e. The van der Waals surface area contributed by atoms with Crippen molar-refractivity contribution >= 4 is 35.9 Å². The highest BCUT2D eigenvalue weighted by Crippen LogP contribution is 2.12. The summed E-state index contributed by atoms with van der Waals surface area (Å²) in [7, 11) is 0. The molecule has 0 aromatic rings. The third-order valence-corrected chi connectivity index (χ3v) is 3.84. The molecule has 1 aliphatic heterocycles. The first kappa shape index (κ1) is 25.4. The third-order valence-electron chi connectivity index (χ3n) is 3.84. The quantitative estimate of drug-likeness (QED) is 0.163. The summed E-state index contributed by atoms with van der Waals surface area (Å²) in [4.78, 5) is 16.2. The zero-order chi connectivity index (χ0) is 18.5. The number of aliphatic imine (C=N–C) groups is 1. The van der Waals surface area contributed by atoms with Gasteiger partial charge in [0.1, 0.15) is 5.60 Å². The Labute approximate surface area is 176 Å². The second-order valence-corrected chi connectivity index (χ2v) is 7.53. The largest absolute Gasteiger partial charge is 0.460 e. The zero-order valence-electron chi connectivity index (χ0n) is 16.9. The van der Waals surface area contributed by atoms with Crippen LogP contribution >= 0.6 is 24.0 Å². The highest BCUT2D eigenvalue weighted by molar-refractivity contribution is 14.0. The number of carbonyl (C=O) groups is 1. The minimum absolute atomic E-state index is 0. The molecule has 1 unspecified atom stereocenters. The summed E-state index contributed by atoms with van der Waals surface area (Å²) in [6, 6.07) is 0. The van der Waals surface area contributed by atoms with Crippen LogP contribution in [0, 0.1) is 0 Å². The molecule has 0 spiro atoms. The zero-order valence-corrected chi connectivity index (χ0v) is 19.3. The normalized spacial score (nSPS) is 17.5. The van der Waals surface area contributed by atoms with Crippen molar-refractivity contribution in [2.45, 2.75) is 84.3 Å². The van der Waals surface area contributed by atoms with Crippen LogP contribution in [0.4, 0.5) is 0 Å². The highest BCUT2D eigenvalue weighted by Gasteiger charge is 2.16. The summed E-state index contributed by atoms with van der Waals surface area (Å²) in [5.74, 6) is 0.771. The Morgan fingerprint density at radius 2 is 1.92 bits per heavy atom. The summed E-state index contributed by atoms with van der Waals surface area (Å²) in [6.45, 7) is 11.1. The second kappa shape index (κ2) is 14.5. The van der Waals surface area contributed by atoms with Crippen LogP contribution in [0.25, 0.3) is 0 Å². The number of ether oxygens (including phenoxy) is 2. The lowest BCUT2D eigenvalue weighted by molar-refractivity contribution is -0.154. The molecule has 6 nitrogen and oxygen atoms in total. The SMILES string of the molecule is CCNC(=NCC1CCCO1)NCCCCCCC(=O)OC(C)(C)C.I. The first-order chi connectivity index (χ1) is 11.9. The second-order valence-electron chi connectivity index (χ2n) is 7.53. The van der Waals surface area contributed by atoms with Crippen LogP contribution in [-0.2, 0) is 14.3 Å². The molecule has 0 aromatic carbocycles. The Balaban J connectivity index is 0.00000625. The van der Waals surface area contributed by atoms with E-state index in [0.29, 0.717) is 6.42 Å². The molecule has 1 fully saturated rings. The molecule has 1 aliphatic rings. The van der Waals surface area contributed by atoms with Gasteiger partial charge in [-0.05, 0) is 53.4 Å². The van der Waals surface area contributed by atoms with Gasteiger partial charge in [-0.1, -0.05) is 12.8 Å². The van der Waals surface area contributed by atoms with E-state index in [1.807, 2.05) is 20.8 Å². The Kier molecular flexibility index (Phi) is 14.2. The van der Waals surface area contributed by atoms with Crippen LogP contribution in [0.1, 0.15) is 72.6 Å². The van der Waals surface area contributed by atoms with Crippen molar-refractivity contribution in [2.24, 2.45) is 4.99 Å². The van der Waals surface area contributed by atoms with E-state index in [-0.39, 0.29) is 41.7 Å². The van der Waals surface area contributed by atoms with Gasteiger partial charge in [-0.3, -0.25) is 9.79 Å². The van der Waals surface area contributed by atoms with Gasteiger partial charge in [-0.25, -0.2) is 0 Å². The average molecular weight is 483 g/mol. The third kappa shape index (κ3) is 13.6. The summed E-state index contributed by atoms with van der Waals surface area (Å²) in [5, 5.41) is 6.63. The van der Waals surface area contributed by atoms with Gasteiger partial charge >= 0.3 is 5.97 Å². The Morgan fingerprint density at radius 1 is 1.19 bits per heavy atom. The summed E-state index contributed by atoms with van der Waals surface area (Å²) < 4.78 is 10.9. The van der Waals surface area contributed by atoms with Crippen molar-refractivity contribution in [1.29, 1.82) is 0 Å². The van der Waals surface area contributed by atoms with E-state index in [9.17, 15) is 4.79 Å². The summed E-state index contributed by atoms with van der Waals surface area (Å²) in [6.07, 6.45) is 7.15. The molecule has 7 heteroatoms. The van der Waals surface area contributed by atoms with Crippen LogP contribution in [0.2, 0.25) is 0 Å². The van der Waals surface area contributed by atoms with Crippen LogP contribution in [0.5, 0.6) is 0 Å². The van der Waals surface area contributed by atoms with E-state index in [1.165, 1.54) is 0 Å². The number of hydrogen-bond donors (Lipinski definition) is 2. The molecule has 154 valence electrons. The number of esters is 1. The minimum atomic E-state index is -0.382. The summed E-state index contributed by atoms with van der Waals surface area (Å²) in [5.41, 5.74) is -0.382. The number of carbonyl (C=O) groups excluding carboxylic acids is 1. The van der Waals surface area contributed by atoms with E-state index < -0.39 is 0 Å². The fraction of sp³-hybridized carbons (Fsp3) is 0.895. The molecule has 1 rings (SSSR count). The predicted molar refractivity (Wildman–Crippen MR) is 117 cm³/mol.